The van der Waals surface area contributed by atoms with Crippen molar-refractivity contribution < 1.29 is 12.6 Å². The maximum Gasteiger partial charge on any atom is 0.341 e. The molecule has 1 aliphatic rings. The van der Waals surface area contributed by atoms with E-state index in [-0.39, 0.29) is 10.6 Å². The fraction of sp³-hybridized carbons (Fsp3) is 0.214. The van der Waals surface area contributed by atoms with Crippen LogP contribution in [0.4, 0.5) is 5.82 Å². The SMILES string of the molecule is O=S(=O)(Oc1cccc(-c2nc3ccc(Br)cn3c2NC2CCCCC2)c1)c1cccc2cccnc12. The lowest BCUT2D eigenvalue weighted by Gasteiger charge is -2.24. The third kappa shape index (κ3) is 4.81. The van der Waals surface area contributed by atoms with Crippen molar-refractivity contribution >= 4 is 48.4 Å². The van der Waals surface area contributed by atoms with Gasteiger partial charge >= 0.3 is 10.1 Å². The fourth-order valence-corrected chi connectivity index (χ4v) is 6.38. The smallest absolute Gasteiger partial charge is 0.341 e. The molecule has 2 aromatic carbocycles. The Morgan fingerprint density at radius 2 is 1.78 bits per heavy atom. The number of hydrogen-bond donors (Lipinski definition) is 1. The minimum atomic E-state index is -4.11. The minimum Gasteiger partial charge on any atom is -0.379 e. The second-order valence-electron chi connectivity index (χ2n) is 9.26. The highest BCUT2D eigenvalue weighted by atomic mass is 79.9. The topological polar surface area (TPSA) is 85.6 Å². The molecule has 0 amide bonds. The number of aromatic nitrogens is 3. The Kier molecular flexibility index (Phi) is 6.34. The van der Waals surface area contributed by atoms with Crippen LogP contribution in [0, 0.1) is 0 Å². The number of halogens is 1. The summed E-state index contributed by atoms with van der Waals surface area (Å²) in [5, 5.41) is 4.46. The molecule has 7 nitrogen and oxygen atoms in total. The van der Waals surface area contributed by atoms with Crippen LogP contribution < -0.4 is 9.50 Å². The number of rotatable bonds is 6. The molecule has 0 spiro atoms. The van der Waals surface area contributed by atoms with Gasteiger partial charge in [0.05, 0.1) is 5.52 Å². The number of para-hydroxylation sites is 1. The molecule has 0 atom stereocenters. The van der Waals surface area contributed by atoms with Crippen LogP contribution in [-0.2, 0) is 10.1 Å². The number of fused-ring (bicyclic) bond motifs is 2. The van der Waals surface area contributed by atoms with E-state index < -0.39 is 10.1 Å². The molecule has 0 bridgehead atoms. The molecule has 9 heteroatoms. The van der Waals surface area contributed by atoms with E-state index in [4.69, 9.17) is 9.17 Å². The highest BCUT2D eigenvalue weighted by Crippen LogP contribution is 2.34. The van der Waals surface area contributed by atoms with Crippen molar-refractivity contribution in [1.29, 1.82) is 0 Å². The first kappa shape index (κ1) is 23.9. The van der Waals surface area contributed by atoms with E-state index in [2.05, 4.69) is 26.2 Å². The van der Waals surface area contributed by atoms with Crippen molar-refractivity contribution in [3.8, 4) is 17.0 Å². The van der Waals surface area contributed by atoms with Gasteiger partial charge < -0.3 is 9.50 Å². The predicted molar refractivity (Wildman–Crippen MR) is 148 cm³/mol. The summed E-state index contributed by atoms with van der Waals surface area (Å²) in [6.45, 7) is 0. The lowest BCUT2D eigenvalue weighted by Crippen LogP contribution is -2.23. The Morgan fingerprint density at radius 1 is 0.973 bits per heavy atom. The highest BCUT2D eigenvalue weighted by molar-refractivity contribution is 9.10. The highest BCUT2D eigenvalue weighted by Gasteiger charge is 2.23. The van der Waals surface area contributed by atoms with Gasteiger partial charge in [0.15, 0.2) is 0 Å². The molecule has 188 valence electrons. The summed E-state index contributed by atoms with van der Waals surface area (Å²) in [6.07, 6.45) is 9.47. The second kappa shape index (κ2) is 9.79. The average Bonchev–Trinajstić information content (AvgIpc) is 3.26. The minimum absolute atomic E-state index is 0.0354. The largest absolute Gasteiger partial charge is 0.379 e. The van der Waals surface area contributed by atoms with Gasteiger partial charge in [0.25, 0.3) is 0 Å². The summed E-state index contributed by atoms with van der Waals surface area (Å²) in [7, 11) is -4.11. The van der Waals surface area contributed by atoms with Crippen LogP contribution in [-0.4, -0.2) is 28.8 Å². The van der Waals surface area contributed by atoms with Crippen LogP contribution in [0.2, 0.25) is 0 Å². The molecule has 1 aliphatic carbocycles. The maximum absolute atomic E-state index is 13.3. The van der Waals surface area contributed by atoms with Gasteiger partial charge in [0, 0.05) is 33.9 Å². The molecule has 0 radical (unpaired) electrons. The average molecular weight is 578 g/mol. The molecule has 0 unspecified atom stereocenters. The van der Waals surface area contributed by atoms with Crippen LogP contribution >= 0.6 is 15.9 Å². The third-order valence-corrected chi connectivity index (χ3v) is 8.46. The Morgan fingerprint density at radius 3 is 2.65 bits per heavy atom. The first-order valence-corrected chi connectivity index (χ1v) is 14.5. The molecule has 5 aromatic rings. The Balaban J connectivity index is 1.38. The normalized spacial score (nSPS) is 14.7. The number of nitrogens with zero attached hydrogens (tertiary/aromatic N) is 3. The predicted octanol–water partition coefficient (Wildman–Crippen LogP) is 6.82. The first-order chi connectivity index (χ1) is 18.0. The molecular weight excluding hydrogens is 552 g/mol. The molecular formula is C28H25BrN4O3S. The van der Waals surface area contributed by atoms with Gasteiger partial charge in [-0.1, -0.05) is 49.6 Å². The van der Waals surface area contributed by atoms with E-state index in [0.29, 0.717) is 11.6 Å². The molecule has 3 aromatic heterocycles. The van der Waals surface area contributed by atoms with E-state index in [1.165, 1.54) is 25.3 Å². The van der Waals surface area contributed by atoms with Gasteiger partial charge in [-0.3, -0.25) is 9.38 Å². The number of nitrogens with one attached hydrogen (secondary N) is 1. The standard InChI is InChI=1S/C28H25BrN4O3S/c29-21-14-15-25-32-27(28(33(25)18-21)31-22-10-2-1-3-11-22)20-8-4-12-23(17-20)36-37(34,35)24-13-5-7-19-9-6-16-30-26(19)24/h4-9,12-18,22,31H,1-3,10-11H2. The van der Waals surface area contributed by atoms with Crippen molar-refractivity contribution in [2.24, 2.45) is 0 Å². The van der Waals surface area contributed by atoms with Gasteiger partial charge in [-0.15, -0.1) is 0 Å². The molecule has 37 heavy (non-hydrogen) atoms. The first-order valence-electron chi connectivity index (χ1n) is 12.3. The van der Waals surface area contributed by atoms with Crippen LogP contribution in [0.15, 0.2) is 88.5 Å². The lowest BCUT2D eigenvalue weighted by atomic mass is 9.95. The number of benzene rings is 2. The summed E-state index contributed by atoms with van der Waals surface area (Å²) in [5.41, 5.74) is 2.70. The summed E-state index contributed by atoms with van der Waals surface area (Å²) >= 11 is 3.57. The van der Waals surface area contributed by atoms with Crippen molar-refractivity contribution in [3.05, 3.63) is 83.6 Å². The van der Waals surface area contributed by atoms with Gasteiger partial charge in [-0.25, -0.2) is 4.98 Å². The summed E-state index contributed by atoms with van der Waals surface area (Å²) in [5.74, 6) is 1.11. The Labute approximate surface area is 223 Å². The van der Waals surface area contributed by atoms with E-state index in [0.717, 1.165) is 45.4 Å². The molecule has 3 heterocycles. The summed E-state index contributed by atoms with van der Waals surface area (Å²) < 4.78 is 35.1. The van der Waals surface area contributed by atoms with E-state index in [1.54, 1.807) is 36.5 Å². The maximum atomic E-state index is 13.3. The number of anilines is 1. The molecule has 1 fully saturated rings. The van der Waals surface area contributed by atoms with Gasteiger partial charge in [0.2, 0.25) is 0 Å². The van der Waals surface area contributed by atoms with Crippen LogP contribution in [0.3, 0.4) is 0 Å². The zero-order valence-electron chi connectivity index (χ0n) is 20.0. The zero-order valence-corrected chi connectivity index (χ0v) is 22.4. The second-order valence-corrected chi connectivity index (χ2v) is 11.7. The monoisotopic (exact) mass is 576 g/mol. The number of pyridine rings is 2. The lowest BCUT2D eigenvalue weighted by molar-refractivity contribution is 0.462. The van der Waals surface area contributed by atoms with Crippen LogP contribution in [0.5, 0.6) is 5.75 Å². The van der Waals surface area contributed by atoms with E-state index >= 15 is 0 Å². The van der Waals surface area contributed by atoms with Crippen LogP contribution in [0.1, 0.15) is 32.1 Å². The van der Waals surface area contributed by atoms with Gasteiger partial charge in [-0.2, -0.15) is 8.42 Å². The zero-order chi connectivity index (χ0) is 25.4. The number of imidazole rings is 1. The van der Waals surface area contributed by atoms with Crippen LogP contribution in [0.25, 0.3) is 27.8 Å². The number of hydrogen-bond acceptors (Lipinski definition) is 6. The summed E-state index contributed by atoms with van der Waals surface area (Å²) in [4.78, 5) is 9.19. The Bertz CT molecular complexity index is 1710. The molecule has 0 aliphatic heterocycles. The van der Waals surface area contributed by atoms with Crippen molar-refractivity contribution in [2.45, 2.75) is 43.0 Å². The molecule has 1 N–H and O–H groups in total. The van der Waals surface area contributed by atoms with Crippen molar-refractivity contribution in [3.63, 3.8) is 0 Å². The molecule has 1 saturated carbocycles. The quantitative estimate of drug-likeness (QED) is 0.223. The Hall–Kier alpha value is -3.43. The molecule has 6 rings (SSSR count). The third-order valence-electron chi connectivity index (χ3n) is 6.71. The van der Waals surface area contributed by atoms with Crippen molar-refractivity contribution in [1.82, 2.24) is 14.4 Å². The molecule has 0 saturated heterocycles. The fourth-order valence-electron chi connectivity index (χ4n) is 4.94. The van der Waals surface area contributed by atoms with E-state index in [1.807, 2.05) is 40.9 Å². The van der Waals surface area contributed by atoms with Gasteiger partial charge in [0.1, 0.15) is 27.8 Å². The van der Waals surface area contributed by atoms with Gasteiger partial charge in [-0.05, 0) is 65.2 Å². The van der Waals surface area contributed by atoms with E-state index in [9.17, 15) is 8.42 Å². The van der Waals surface area contributed by atoms with Crippen molar-refractivity contribution in [2.75, 3.05) is 5.32 Å². The summed E-state index contributed by atoms with van der Waals surface area (Å²) in [6, 6.07) is 20.0.